The zero-order chi connectivity index (χ0) is 14.8. The first-order valence-corrected chi connectivity index (χ1v) is 8.15. The van der Waals surface area contributed by atoms with E-state index in [1.54, 1.807) is 0 Å². The van der Waals surface area contributed by atoms with Crippen molar-refractivity contribution in [1.29, 1.82) is 0 Å². The highest BCUT2D eigenvalue weighted by Crippen LogP contribution is 2.24. The Morgan fingerprint density at radius 1 is 1.45 bits per heavy atom. The van der Waals surface area contributed by atoms with Crippen LogP contribution in [0.1, 0.15) is 19.8 Å². The Kier molecular flexibility index (Phi) is 5.83. The molecule has 0 aliphatic carbocycles. The molecular weight excluding hydrogens is 368 g/mol. The maximum atomic E-state index is 12.4. The molecule has 0 atom stereocenters. The number of amides is 1. The Balaban J connectivity index is 0.00000176. The van der Waals surface area contributed by atoms with Gasteiger partial charge in [0.1, 0.15) is 0 Å². The highest BCUT2D eigenvalue weighted by atomic mass is 79.9. The summed E-state index contributed by atoms with van der Waals surface area (Å²) in [6.07, 6.45) is 1.79. The molecule has 1 amide bonds. The van der Waals surface area contributed by atoms with Crippen LogP contribution in [0.3, 0.4) is 0 Å². The highest BCUT2D eigenvalue weighted by molar-refractivity contribution is 9.10. The van der Waals surface area contributed by atoms with Crippen molar-refractivity contribution >= 4 is 51.2 Å². The number of rotatable bonds is 3. The normalized spacial score (nSPS) is 15.5. The summed E-state index contributed by atoms with van der Waals surface area (Å²) < 4.78 is 3.06. The van der Waals surface area contributed by atoms with Crippen molar-refractivity contribution in [3.63, 3.8) is 0 Å². The number of aryl methyl sites for hydroxylation is 1. The smallest absolute Gasteiger partial charge is 0.229 e. The Bertz CT molecular complexity index is 667. The van der Waals surface area contributed by atoms with E-state index in [1.807, 2.05) is 22.8 Å². The Morgan fingerprint density at radius 2 is 2.18 bits per heavy atom. The zero-order valence-corrected chi connectivity index (χ0v) is 14.8. The van der Waals surface area contributed by atoms with Crippen LogP contribution in [0.25, 0.3) is 11.0 Å². The number of halogens is 2. The van der Waals surface area contributed by atoms with Crippen LogP contribution in [0, 0.1) is 5.92 Å². The number of carbonyl (C=O) groups excluding carboxylic acids is 1. The summed E-state index contributed by atoms with van der Waals surface area (Å²) in [6, 6.07) is 5.96. The summed E-state index contributed by atoms with van der Waals surface area (Å²) in [6.45, 7) is 4.65. The average Bonchev–Trinajstić information content (AvgIpc) is 2.84. The Labute approximate surface area is 144 Å². The molecule has 2 N–H and O–H groups in total. The SMILES string of the molecule is CCn1c(NC(=O)C2CCNCC2)nc2ccc(Br)cc21.Cl. The molecule has 1 aromatic carbocycles. The lowest BCUT2D eigenvalue weighted by molar-refractivity contribution is -0.120. The van der Waals surface area contributed by atoms with Gasteiger partial charge in [-0.25, -0.2) is 4.98 Å². The number of hydrogen-bond donors (Lipinski definition) is 2. The van der Waals surface area contributed by atoms with E-state index in [4.69, 9.17) is 0 Å². The molecule has 5 nitrogen and oxygen atoms in total. The summed E-state index contributed by atoms with van der Waals surface area (Å²) in [7, 11) is 0. The van der Waals surface area contributed by atoms with Gasteiger partial charge in [-0.1, -0.05) is 15.9 Å². The number of fused-ring (bicyclic) bond motifs is 1. The van der Waals surface area contributed by atoms with E-state index in [0.717, 1.165) is 48.0 Å². The topological polar surface area (TPSA) is 59.0 Å². The second-order valence-corrected chi connectivity index (χ2v) is 6.24. The largest absolute Gasteiger partial charge is 0.317 e. The van der Waals surface area contributed by atoms with E-state index in [1.165, 1.54) is 0 Å². The van der Waals surface area contributed by atoms with E-state index in [0.29, 0.717) is 5.95 Å². The van der Waals surface area contributed by atoms with Crippen LogP contribution in [0.2, 0.25) is 0 Å². The lowest BCUT2D eigenvalue weighted by Gasteiger charge is -2.21. The van der Waals surface area contributed by atoms with E-state index < -0.39 is 0 Å². The van der Waals surface area contributed by atoms with E-state index >= 15 is 0 Å². The monoisotopic (exact) mass is 386 g/mol. The number of hydrogen-bond acceptors (Lipinski definition) is 3. The minimum absolute atomic E-state index is 0. The number of nitrogens with zero attached hydrogens (tertiary/aromatic N) is 2. The number of aromatic nitrogens is 2. The molecule has 1 aliphatic heterocycles. The molecule has 3 rings (SSSR count). The maximum absolute atomic E-state index is 12.4. The van der Waals surface area contributed by atoms with E-state index in [9.17, 15) is 4.79 Å². The summed E-state index contributed by atoms with van der Waals surface area (Å²) in [4.78, 5) is 16.9. The Morgan fingerprint density at radius 3 is 2.86 bits per heavy atom. The third-order valence-electron chi connectivity index (χ3n) is 3.97. The molecule has 7 heteroatoms. The first kappa shape index (κ1) is 17.2. The minimum atomic E-state index is 0. The molecule has 0 bridgehead atoms. The highest BCUT2D eigenvalue weighted by Gasteiger charge is 2.22. The number of anilines is 1. The summed E-state index contributed by atoms with van der Waals surface area (Å²) in [5.41, 5.74) is 1.94. The van der Waals surface area contributed by atoms with Gasteiger partial charge in [-0.3, -0.25) is 10.1 Å². The first-order valence-electron chi connectivity index (χ1n) is 7.36. The van der Waals surface area contributed by atoms with Gasteiger partial charge in [0.05, 0.1) is 11.0 Å². The van der Waals surface area contributed by atoms with Gasteiger partial charge in [0.15, 0.2) is 0 Å². The second-order valence-electron chi connectivity index (χ2n) is 5.33. The molecule has 1 aromatic heterocycles. The van der Waals surface area contributed by atoms with Crippen molar-refractivity contribution in [2.24, 2.45) is 5.92 Å². The summed E-state index contributed by atoms with van der Waals surface area (Å²) in [5, 5.41) is 6.29. The van der Waals surface area contributed by atoms with Gasteiger partial charge in [-0.15, -0.1) is 12.4 Å². The van der Waals surface area contributed by atoms with Gasteiger partial charge >= 0.3 is 0 Å². The van der Waals surface area contributed by atoms with Gasteiger partial charge in [-0.05, 0) is 51.1 Å². The van der Waals surface area contributed by atoms with Gasteiger partial charge < -0.3 is 9.88 Å². The summed E-state index contributed by atoms with van der Waals surface area (Å²) >= 11 is 3.48. The predicted octanol–water partition coefficient (Wildman–Crippen LogP) is 3.18. The van der Waals surface area contributed by atoms with Crippen LogP contribution in [0.15, 0.2) is 22.7 Å². The number of nitrogens with one attached hydrogen (secondary N) is 2. The molecule has 1 saturated heterocycles. The number of imidazole rings is 1. The van der Waals surface area contributed by atoms with Crippen molar-refractivity contribution in [3.05, 3.63) is 22.7 Å². The fourth-order valence-electron chi connectivity index (χ4n) is 2.81. The molecule has 0 radical (unpaired) electrons. The van der Waals surface area contributed by atoms with Crippen molar-refractivity contribution < 1.29 is 4.79 Å². The van der Waals surface area contributed by atoms with Gasteiger partial charge in [-0.2, -0.15) is 0 Å². The fraction of sp³-hybridized carbons (Fsp3) is 0.467. The molecule has 120 valence electrons. The van der Waals surface area contributed by atoms with Crippen LogP contribution in [-0.4, -0.2) is 28.5 Å². The molecule has 2 heterocycles. The van der Waals surface area contributed by atoms with Crippen LogP contribution in [0.4, 0.5) is 5.95 Å². The standard InChI is InChI=1S/C15H19BrN4O.ClH/c1-2-20-13-9-11(16)3-4-12(13)18-15(20)19-14(21)10-5-7-17-8-6-10;/h3-4,9-10,17H,2,5-8H2,1H3,(H,18,19,21);1H. The number of benzene rings is 1. The molecule has 0 unspecified atom stereocenters. The zero-order valence-electron chi connectivity index (χ0n) is 12.4. The van der Waals surface area contributed by atoms with E-state index in [2.05, 4.69) is 38.5 Å². The van der Waals surface area contributed by atoms with Crippen molar-refractivity contribution in [1.82, 2.24) is 14.9 Å². The average molecular weight is 388 g/mol. The third kappa shape index (κ3) is 3.45. The predicted molar refractivity (Wildman–Crippen MR) is 94.6 cm³/mol. The molecule has 2 aromatic rings. The first-order chi connectivity index (χ1) is 10.2. The van der Waals surface area contributed by atoms with Crippen molar-refractivity contribution in [3.8, 4) is 0 Å². The lowest BCUT2D eigenvalue weighted by Crippen LogP contribution is -2.35. The van der Waals surface area contributed by atoms with Crippen LogP contribution >= 0.6 is 28.3 Å². The number of carbonyl (C=O) groups is 1. The molecule has 0 saturated carbocycles. The molecule has 1 aliphatic rings. The van der Waals surface area contributed by atoms with Crippen LogP contribution in [-0.2, 0) is 11.3 Å². The van der Waals surface area contributed by atoms with Crippen LogP contribution < -0.4 is 10.6 Å². The van der Waals surface area contributed by atoms with E-state index in [-0.39, 0.29) is 24.2 Å². The Hall–Kier alpha value is -1.11. The maximum Gasteiger partial charge on any atom is 0.229 e. The van der Waals surface area contributed by atoms with Gasteiger partial charge in [0.25, 0.3) is 0 Å². The molecule has 22 heavy (non-hydrogen) atoms. The minimum Gasteiger partial charge on any atom is -0.317 e. The lowest BCUT2D eigenvalue weighted by atomic mass is 9.97. The molecule has 0 spiro atoms. The third-order valence-corrected chi connectivity index (χ3v) is 4.46. The fourth-order valence-corrected chi connectivity index (χ4v) is 3.16. The number of piperidine rings is 1. The van der Waals surface area contributed by atoms with Crippen molar-refractivity contribution in [2.45, 2.75) is 26.3 Å². The molecule has 1 fully saturated rings. The second kappa shape index (κ2) is 7.44. The van der Waals surface area contributed by atoms with Crippen molar-refractivity contribution in [2.75, 3.05) is 18.4 Å². The quantitative estimate of drug-likeness (QED) is 0.850. The van der Waals surface area contributed by atoms with Crippen LogP contribution in [0.5, 0.6) is 0 Å². The molecular formula is C15H20BrClN4O. The summed E-state index contributed by atoms with van der Waals surface area (Å²) in [5.74, 6) is 0.817. The van der Waals surface area contributed by atoms with Gasteiger partial charge in [0.2, 0.25) is 11.9 Å². The van der Waals surface area contributed by atoms with Gasteiger partial charge in [0, 0.05) is 16.9 Å².